The molecule has 1 aromatic carbocycles. The zero-order chi connectivity index (χ0) is 15.0. The van der Waals surface area contributed by atoms with E-state index in [1.807, 2.05) is 17.2 Å². The number of halogens is 1. The predicted octanol–water partition coefficient (Wildman–Crippen LogP) is 4.00. The van der Waals surface area contributed by atoms with Crippen LogP contribution < -0.4 is 5.32 Å². The lowest BCUT2D eigenvalue weighted by Gasteiger charge is -2.19. The van der Waals surface area contributed by atoms with Gasteiger partial charge in [-0.1, -0.05) is 28.1 Å². The van der Waals surface area contributed by atoms with Gasteiger partial charge >= 0.3 is 6.03 Å². The van der Waals surface area contributed by atoms with Gasteiger partial charge in [-0.05, 0) is 30.5 Å². The van der Waals surface area contributed by atoms with E-state index in [1.165, 1.54) is 28.0 Å². The third-order valence-electron chi connectivity index (χ3n) is 3.77. The van der Waals surface area contributed by atoms with Crippen LogP contribution in [0.2, 0.25) is 0 Å². The van der Waals surface area contributed by atoms with Crippen LogP contribution in [0.1, 0.15) is 35.3 Å². The number of benzene rings is 1. The molecule has 0 saturated heterocycles. The molecule has 4 nitrogen and oxygen atoms in total. The zero-order valence-electron chi connectivity index (χ0n) is 11.9. The van der Waals surface area contributed by atoms with Gasteiger partial charge in [0.15, 0.2) is 0 Å². The summed E-state index contributed by atoms with van der Waals surface area (Å²) in [4.78, 5) is 18.5. The fraction of sp³-hybridized carbons (Fsp3) is 0.333. The number of nitrogens with zero attached hydrogens (tertiary/aromatic N) is 2. The third-order valence-corrected chi connectivity index (χ3v) is 5.47. The Bertz CT molecular complexity index is 672. The molecule has 1 atom stereocenters. The first-order valence-corrected chi connectivity index (χ1v) is 8.50. The lowest BCUT2D eigenvalue weighted by Crippen LogP contribution is -2.37. The molecule has 1 aliphatic heterocycles. The number of carbonyl (C=O) groups is 1. The molecule has 110 valence electrons. The highest BCUT2D eigenvalue weighted by Crippen LogP contribution is 2.32. The number of amides is 2. The van der Waals surface area contributed by atoms with E-state index in [1.54, 1.807) is 5.51 Å². The first-order valence-electron chi connectivity index (χ1n) is 6.76. The highest BCUT2D eigenvalue weighted by molar-refractivity contribution is 9.10. The van der Waals surface area contributed by atoms with Crippen molar-refractivity contribution in [1.82, 2.24) is 15.2 Å². The molecule has 0 fully saturated rings. The number of aromatic nitrogens is 1. The summed E-state index contributed by atoms with van der Waals surface area (Å²) in [5, 5.41) is 4.97. The summed E-state index contributed by atoms with van der Waals surface area (Å²) in [5.74, 6) is 0. The second-order valence-corrected chi connectivity index (χ2v) is 6.79. The quantitative estimate of drug-likeness (QED) is 0.873. The summed E-state index contributed by atoms with van der Waals surface area (Å²) in [6.45, 7) is 5.32. The maximum Gasteiger partial charge on any atom is 0.318 e. The standard InChI is InChI=1S/C15H16BrN3OS/c1-9-3-4-11-5-19(6-12(11)14(9)16)15(20)18-10(2)13-7-21-8-17-13/h3-4,7-8,10H,5-6H2,1-2H3,(H,18,20). The molecule has 1 aliphatic rings. The van der Waals surface area contributed by atoms with Crippen molar-refractivity contribution < 1.29 is 4.79 Å². The zero-order valence-corrected chi connectivity index (χ0v) is 14.3. The molecule has 3 rings (SSSR count). The van der Waals surface area contributed by atoms with E-state index in [2.05, 4.69) is 45.3 Å². The smallest absolute Gasteiger partial charge is 0.318 e. The molecule has 1 N–H and O–H groups in total. The monoisotopic (exact) mass is 365 g/mol. The van der Waals surface area contributed by atoms with Gasteiger partial charge in [-0.2, -0.15) is 0 Å². The van der Waals surface area contributed by atoms with Gasteiger partial charge in [0, 0.05) is 22.9 Å². The summed E-state index contributed by atoms with van der Waals surface area (Å²) in [6, 6.07) is 4.07. The van der Waals surface area contributed by atoms with Crippen molar-refractivity contribution >= 4 is 33.3 Å². The fourth-order valence-corrected chi connectivity index (χ4v) is 3.64. The van der Waals surface area contributed by atoms with Crippen molar-refractivity contribution in [2.75, 3.05) is 0 Å². The second kappa shape index (κ2) is 5.77. The molecule has 0 bridgehead atoms. The van der Waals surface area contributed by atoms with Crippen molar-refractivity contribution in [2.45, 2.75) is 33.0 Å². The molecule has 1 aromatic heterocycles. The van der Waals surface area contributed by atoms with Crippen LogP contribution in [0.5, 0.6) is 0 Å². The first-order chi connectivity index (χ1) is 10.1. The maximum atomic E-state index is 12.4. The Balaban J connectivity index is 1.70. The van der Waals surface area contributed by atoms with Gasteiger partial charge < -0.3 is 10.2 Å². The van der Waals surface area contributed by atoms with Crippen molar-refractivity contribution in [3.8, 4) is 0 Å². The van der Waals surface area contributed by atoms with Crippen LogP contribution in [0.4, 0.5) is 4.79 Å². The molecule has 6 heteroatoms. The molecule has 2 amide bonds. The van der Waals surface area contributed by atoms with Crippen LogP contribution in [0.15, 0.2) is 27.5 Å². The van der Waals surface area contributed by atoms with Gasteiger partial charge in [-0.15, -0.1) is 11.3 Å². The van der Waals surface area contributed by atoms with Gasteiger partial charge in [0.25, 0.3) is 0 Å². The molecule has 2 aromatic rings. The lowest BCUT2D eigenvalue weighted by atomic mass is 10.1. The van der Waals surface area contributed by atoms with Crippen molar-refractivity contribution in [3.63, 3.8) is 0 Å². The maximum absolute atomic E-state index is 12.4. The summed E-state index contributed by atoms with van der Waals surface area (Å²) in [7, 11) is 0. The third kappa shape index (κ3) is 2.82. The van der Waals surface area contributed by atoms with Crippen LogP contribution in [0, 0.1) is 6.92 Å². The van der Waals surface area contributed by atoms with E-state index >= 15 is 0 Å². The Morgan fingerprint density at radius 3 is 3.00 bits per heavy atom. The Labute approximate surface area is 136 Å². The Morgan fingerprint density at radius 2 is 2.29 bits per heavy atom. The minimum Gasteiger partial charge on any atom is -0.330 e. The van der Waals surface area contributed by atoms with Gasteiger partial charge in [0.2, 0.25) is 0 Å². The summed E-state index contributed by atoms with van der Waals surface area (Å²) < 4.78 is 1.11. The highest BCUT2D eigenvalue weighted by Gasteiger charge is 2.26. The normalized spacial score (nSPS) is 14.9. The van der Waals surface area contributed by atoms with E-state index in [0.29, 0.717) is 13.1 Å². The predicted molar refractivity (Wildman–Crippen MR) is 87.2 cm³/mol. The molecule has 0 saturated carbocycles. The Morgan fingerprint density at radius 1 is 1.48 bits per heavy atom. The fourth-order valence-electron chi connectivity index (χ4n) is 2.48. The minimum atomic E-state index is -0.0716. The van der Waals surface area contributed by atoms with Crippen molar-refractivity contribution in [1.29, 1.82) is 0 Å². The SMILES string of the molecule is Cc1ccc2c(c1Br)CN(C(=O)NC(C)c1cscn1)C2. The molecule has 0 radical (unpaired) electrons. The molecule has 1 unspecified atom stereocenters. The summed E-state index contributed by atoms with van der Waals surface area (Å²) >= 11 is 5.16. The topological polar surface area (TPSA) is 45.2 Å². The number of hydrogen-bond acceptors (Lipinski definition) is 3. The average Bonchev–Trinajstić information content (AvgIpc) is 3.12. The van der Waals surface area contributed by atoms with E-state index in [9.17, 15) is 4.79 Å². The van der Waals surface area contributed by atoms with E-state index in [4.69, 9.17) is 0 Å². The Kier molecular flexibility index (Phi) is 3.99. The van der Waals surface area contributed by atoms with E-state index in [-0.39, 0.29) is 12.1 Å². The van der Waals surface area contributed by atoms with Crippen LogP contribution in [0.25, 0.3) is 0 Å². The summed E-state index contributed by atoms with van der Waals surface area (Å²) in [6.07, 6.45) is 0. The van der Waals surface area contributed by atoms with E-state index < -0.39 is 0 Å². The number of urea groups is 1. The number of rotatable bonds is 2. The minimum absolute atomic E-state index is 0.0451. The lowest BCUT2D eigenvalue weighted by molar-refractivity contribution is 0.195. The number of nitrogens with one attached hydrogen (secondary N) is 1. The number of fused-ring (bicyclic) bond motifs is 1. The average molecular weight is 366 g/mol. The number of thiazole rings is 1. The molecule has 21 heavy (non-hydrogen) atoms. The van der Waals surface area contributed by atoms with Crippen molar-refractivity contribution in [3.05, 3.63) is 49.9 Å². The number of carbonyl (C=O) groups excluding carboxylic acids is 1. The molecular formula is C15H16BrN3OS. The number of aryl methyl sites for hydroxylation is 1. The first kappa shape index (κ1) is 14.5. The van der Waals surface area contributed by atoms with Gasteiger partial charge in [0.05, 0.1) is 17.2 Å². The molecule has 0 aliphatic carbocycles. The van der Waals surface area contributed by atoms with Crippen LogP contribution in [-0.2, 0) is 13.1 Å². The largest absolute Gasteiger partial charge is 0.330 e. The second-order valence-electron chi connectivity index (χ2n) is 5.27. The van der Waals surface area contributed by atoms with Gasteiger partial charge in [-0.3, -0.25) is 0 Å². The molecular weight excluding hydrogens is 350 g/mol. The van der Waals surface area contributed by atoms with Crippen LogP contribution in [0.3, 0.4) is 0 Å². The van der Waals surface area contributed by atoms with Crippen LogP contribution >= 0.6 is 27.3 Å². The molecule has 2 heterocycles. The number of hydrogen-bond donors (Lipinski definition) is 1. The van der Waals surface area contributed by atoms with Crippen LogP contribution in [-0.4, -0.2) is 15.9 Å². The van der Waals surface area contributed by atoms with Gasteiger partial charge in [-0.25, -0.2) is 9.78 Å². The highest BCUT2D eigenvalue weighted by atomic mass is 79.9. The Hall–Kier alpha value is -1.40. The summed E-state index contributed by atoms with van der Waals surface area (Å²) in [5.41, 5.74) is 6.31. The molecule has 0 spiro atoms. The van der Waals surface area contributed by atoms with Gasteiger partial charge in [0.1, 0.15) is 0 Å². The van der Waals surface area contributed by atoms with E-state index in [0.717, 1.165) is 10.2 Å². The van der Waals surface area contributed by atoms with Crippen molar-refractivity contribution in [2.24, 2.45) is 0 Å².